The van der Waals surface area contributed by atoms with E-state index in [-0.39, 0.29) is 18.4 Å². The number of hydrogen-bond acceptors (Lipinski definition) is 5. The summed E-state index contributed by atoms with van der Waals surface area (Å²) < 4.78 is 10.4. The molecule has 1 unspecified atom stereocenters. The third-order valence-electron chi connectivity index (χ3n) is 3.56. The minimum Gasteiger partial charge on any atom is -0.504 e. The largest absolute Gasteiger partial charge is 0.504 e. The van der Waals surface area contributed by atoms with Crippen LogP contribution < -0.4 is 9.47 Å². The van der Waals surface area contributed by atoms with Crippen molar-refractivity contribution >= 4 is 0 Å². The second-order valence-corrected chi connectivity index (χ2v) is 4.46. The quantitative estimate of drug-likeness (QED) is 0.839. The predicted molar refractivity (Wildman–Crippen MR) is 67.4 cm³/mol. The Morgan fingerprint density at radius 1 is 1.39 bits per heavy atom. The molecule has 0 fully saturated rings. The number of aliphatic hydroxyl groups excluding tert-OH is 1. The highest BCUT2D eigenvalue weighted by Crippen LogP contribution is 2.45. The van der Waals surface area contributed by atoms with Crippen LogP contribution in [0.25, 0.3) is 0 Å². The first-order chi connectivity index (χ1) is 8.63. The first-order valence-electron chi connectivity index (χ1n) is 5.91. The molecular formula is C13H19NO4. The van der Waals surface area contributed by atoms with E-state index in [1.54, 1.807) is 0 Å². The van der Waals surface area contributed by atoms with Crippen LogP contribution in [-0.4, -0.2) is 49.5 Å². The second-order valence-electron chi connectivity index (χ2n) is 4.46. The van der Waals surface area contributed by atoms with Gasteiger partial charge in [0, 0.05) is 12.1 Å². The molecule has 0 aromatic heterocycles. The maximum atomic E-state index is 10.2. The molecule has 0 aliphatic carbocycles. The Morgan fingerprint density at radius 3 is 2.67 bits per heavy atom. The number of aliphatic hydroxyl groups is 1. The minimum absolute atomic E-state index is 0.0123. The van der Waals surface area contributed by atoms with E-state index >= 15 is 0 Å². The van der Waals surface area contributed by atoms with Crippen molar-refractivity contribution in [3.8, 4) is 17.2 Å². The summed E-state index contributed by atoms with van der Waals surface area (Å²) in [5.74, 6) is 0.971. The third-order valence-corrected chi connectivity index (χ3v) is 3.56. The fraction of sp³-hybridized carbons (Fsp3) is 0.538. The van der Waals surface area contributed by atoms with Gasteiger partial charge in [-0.1, -0.05) is 0 Å². The number of rotatable bonds is 3. The van der Waals surface area contributed by atoms with Gasteiger partial charge in [0.15, 0.2) is 11.5 Å². The number of fused-ring (bicyclic) bond motifs is 1. The number of benzene rings is 1. The SMILES string of the molecule is COc1cc2c(c(O)c1OC)CCN(C)C2CO. The van der Waals surface area contributed by atoms with Gasteiger partial charge in [-0.15, -0.1) is 0 Å². The van der Waals surface area contributed by atoms with Gasteiger partial charge in [0.25, 0.3) is 0 Å². The lowest BCUT2D eigenvalue weighted by Crippen LogP contribution is -2.34. The van der Waals surface area contributed by atoms with E-state index in [1.807, 2.05) is 13.1 Å². The van der Waals surface area contributed by atoms with Crippen molar-refractivity contribution in [1.29, 1.82) is 0 Å². The number of ether oxygens (including phenoxy) is 2. The highest BCUT2D eigenvalue weighted by molar-refractivity contribution is 5.59. The number of nitrogens with zero attached hydrogens (tertiary/aromatic N) is 1. The molecule has 0 spiro atoms. The monoisotopic (exact) mass is 253 g/mol. The van der Waals surface area contributed by atoms with Crippen LogP contribution in [0.1, 0.15) is 17.2 Å². The molecule has 1 aliphatic heterocycles. The lowest BCUT2D eigenvalue weighted by atomic mass is 9.91. The van der Waals surface area contributed by atoms with Crippen molar-refractivity contribution in [2.75, 3.05) is 34.4 Å². The van der Waals surface area contributed by atoms with E-state index in [4.69, 9.17) is 9.47 Å². The molecule has 5 heteroatoms. The molecule has 1 heterocycles. The van der Waals surface area contributed by atoms with Crippen LogP contribution in [0.2, 0.25) is 0 Å². The fourth-order valence-electron chi connectivity index (χ4n) is 2.51. The summed E-state index contributed by atoms with van der Waals surface area (Å²) >= 11 is 0. The van der Waals surface area contributed by atoms with Crippen LogP contribution in [0.5, 0.6) is 17.2 Å². The first-order valence-corrected chi connectivity index (χ1v) is 5.91. The van der Waals surface area contributed by atoms with Crippen molar-refractivity contribution in [3.63, 3.8) is 0 Å². The molecular weight excluding hydrogens is 234 g/mol. The van der Waals surface area contributed by atoms with E-state index in [9.17, 15) is 10.2 Å². The molecule has 2 N–H and O–H groups in total. The summed E-state index contributed by atoms with van der Waals surface area (Å²) in [5, 5.41) is 19.7. The fourth-order valence-corrected chi connectivity index (χ4v) is 2.51. The lowest BCUT2D eigenvalue weighted by molar-refractivity contribution is 0.138. The van der Waals surface area contributed by atoms with E-state index < -0.39 is 0 Å². The molecule has 1 atom stereocenters. The van der Waals surface area contributed by atoms with Crippen molar-refractivity contribution in [2.24, 2.45) is 0 Å². The lowest BCUT2D eigenvalue weighted by Gasteiger charge is -2.34. The van der Waals surface area contributed by atoms with Gasteiger partial charge in [0.05, 0.1) is 26.9 Å². The van der Waals surface area contributed by atoms with Crippen LogP contribution >= 0.6 is 0 Å². The Balaban J connectivity index is 2.60. The molecule has 1 aromatic carbocycles. The highest BCUT2D eigenvalue weighted by atomic mass is 16.5. The van der Waals surface area contributed by atoms with Crippen LogP contribution in [-0.2, 0) is 6.42 Å². The molecule has 0 radical (unpaired) electrons. The van der Waals surface area contributed by atoms with E-state index in [0.29, 0.717) is 11.5 Å². The Bertz CT molecular complexity index is 447. The van der Waals surface area contributed by atoms with Crippen LogP contribution in [0.3, 0.4) is 0 Å². The first kappa shape index (κ1) is 13.0. The number of aromatic hydroxyl groups is 1. The molecule has 0 amide bonds. The zero-order valence-electron chi connectivity index (χ0n) is 10.9. The summed E-state index contributed by atoms with van der Waals surface area (Å²) in [7, 11) is 4.99. The average molecular weight is 253 g/mol. The Morgan fingerprint density at radius 2 is 2.11 bits per heavy atom. The zero-order chi connectivity index (χ0) is 13.3. The molecule has 1 aromatic rings. The van der Waals surface area contributed by atoms with Gasteiger partial charge in [-0.25, -0.2) is 0 Å². The summed E-state index contributed by atoms with van der Waals surface area (Å²) in [5.41, 5.74) is 1.74. The molecule has 1 aliphatic rings. The molecule has 0 saturated heterocycles. The van der Waals surface area contributed by atoms with E-state index in [1.165, 1.54) is 14.2 Å². The predicted octanol–water partition coefficient (Wildman–Crippen LogP) is 0.931. The maximum Gasteiger partial charge on any atom is 0.203 e. The van der Waals surface area contributed by atoms with Gasteiger partial charge >= 0.3 is 0 Å². The van der Waals surface area contributed by atoms with Gasteiger partial charge in [0.2, 0.25) is 5.75 Å². The summed E-state index contributed by atoms with van der Waals surface area (Å²) in [6.07, 6.45) is 0.731. The van der Waals surface area contributed by atoms with Crippen LogP contribution in [0.15, 0.2) is 6.07 Å². The summed E-state index contributed by atoms with van der Waals surface area (Å²) in [6, 6.07) is 1.73. The number of likely N-dealkylation sites (N-methyl/N-ethyl adjacent to an activating group) is 1. The standard InChI is InChI=1S/C13H19NO4/c1-14-5-4-8-9(10(14)7-15)6-11(17-2)13(18-3)12(8)16/h6,10,15-16H,4-5,7H2,1-3H3. The second kappa shape index (κ2) is 5.04. The van der Waals surface area contributed by atoms with Gasteiger partial charge in [-0.05, 0) is 25.1 Å². The number of phenolic OH excluding ortho intramolecular Hbond substituents is 1. The Kier molecular flexibility index (Phi) is 3.63. The topological polar surface area (TPSA) is 62.2 Å². The van der Waals surface area contributed by atoms with Crippen molar-refractivity contribution in [1.82, 2.24) is 4.90 Å². The third kappa shape index (κ3) is 1.89. The van der Waals surface area contributed by atoms with Gasteiger partial charge in [-0.2, -0.15) is 0 Å². The highest BCUT2D eigenvalue weighted by Gasteiger charge is 2.29. The van der Waals surface area contributed by atoms with Gasteiger partial charge in [-0.3, -0.25) is 4.90 Å². The normalized spacial score (nSPS) is 19.4. The minimum atomic E-state index is -0.112. The van der Waals surface area contributed by atoms with Crippen LogP contribution in [0, 0.1) is 0 Å². The number of hydrogen-bond donors (Lipinski definition) is 2. The van der Waals surface area contributed by atoms with Crippen LogP contribution in [0.4, 0.5) is 0 Å². The van der Waals surface area contributed by atoms with Gasteiger partial charge in [0.1, 0.15) is 0 Å². The number of methoxy groups -OCH3 is 2. The maximum absolute atomic E-state index is 10.2. The molecule has 0 bridgehead atoms. The summed E-state index contributed by atoms with van der Waals surface area (Å²) in [4.78, 5) is 2.06. The van der Waals surface area contributed by atoms with E-state index in [0.717, 1.165) is 24.1 Å². The van der Waals surface area contributed by atoms with Gasteiger partial charge < -0.3 is 19.7 Å². The van der Waals surface area contributed by atoms with Crippen molar-refractivity contribution in [2.45, 2.75) is 12.5 Å². The van der Waals surface area contributed by atoms with Crippen molar-refractivity contribution in [3.05, 3.63) is 17.2 Å². The molecule has 2 rings (SSSR count). The average Bonchev–Trinajstić information content (AvgIpc) is 2.38. The molecule has 0 saturated carbocycles. The molecule has 100 valence electrons. The van der Waals surface area contributed by atoms with Crippen molar-refractivity contribution < 1.29 is 19.7 Å². The molecule has 18 heavy (non-hydrogen) atoms. The number of phenols is 1. The molecule has 5 nitrogen and oxygen atoms in total. The van der Waals surface area contributed by atoms with E-state index in [2.05, 4.69) is 4.90 Å². The zero-order valence-corrected chi connectivity index (χ0v) is 10.9. The Hall–Kier alpha value is -1.46. The Labute approximate surface area is 107 Å². The smallest absolute Gasteiger partial charge is 0.203 e. The summed E-state index contributed by atoms with van der Waals surface area (Å²) in [6.45, 7) is 0.805.